The van der Waals surface area contributed by atoms with Gasteiger partial charge in [-0.2, -0.15) is 0 Å². The number of amides is 1. The van der Waals surface area contributed by atoms with Crippen LogP contribution in [0.25, 0.3) is 0 Å². The number of hydrogen-bond acceptors (Lipinski definition) is 4. The Labute approximate surface area is 151 Å². The normalized spacial score (nSPS) is 12.3. The van der Waals surface area contributed by atoms with Gasteiger partial charge in [0.25, 0.3) is 5.91 Å². The van der Waals surface area contributed by atoms with Crippen LogP contribution in [0, 0.1) is 5.82 Å². The van der Waals surface area contributed by atoms with E-state index in [4.69, 9.17) is 9.47 Å². The maximum atomic E-state index is 12.8. The van der Waals surface area contributed by atoms with Gasteiger partial charge in [-0.3, -0.25) is 4.79 Å². The van der Waals surface area contributed by atoms with Crippen LogP contribution < -0.4 is 10.1 Å². The van der Waals surface area contributed by atoms with Gasteiger partial charge in [-0.15, -0.1) is 0 Å². The van der Waals surface area contributed by atoms with Crippen LogP contribution in [0.2, 0.25) is 0 Å². The summed E-state index contributed by atoms with van der Waals surface area (Å²) in [5.74, 6) is -0.747. The van der Waals surface area contributed by atoms with Crippen molar-refractivity contribution in [1.82, 2.24) is 5.32 Å². The molecule has 0 fully saturated rings. The third kappa shape index (κ3) is 5.05. The van der Waals surface area contributed by atoms with Crippen molar-refractivity contribution in [1.29, 1.82) is 0 Å². The fraction of sp³-hybridized carbons (Fsp3) is 0.300. The van der Waals surface area contributed by atoms with Gasteiger partial charge in [0.2, 0.25) is 0 Å². The Balaban J connectivity index is 1.35. The predicted octanol–water partition coefficient (Wildman–Crippen LogP) is 2.55. The van der Waals surface area contributed by atoms with Crippen molar-refractivity contribution in [3.05, 3.63) is 65.0 Å². The predicted molar refractivity (Wildman–Crippen MR) is 93.2 cm³/mol. The van der Waals surface area contributed by atoms with Gasteiger partial charge in [0, 0.05) is 6.54 Å². The van der Waals surface area contributed by atoms with Gasteiger partial charge in [0.1, 0.15) is 11.6 Å². The molecule has 5 nitrogen and oxygen atoms in total. The maximum absolute atomic E-state index is 12.8. The lowest BCUT2D eigenvalue weighted by Crippen LogP contribution is -2.29. The van der Waals surface area contributed by atoms with Crippen molar-refractivity contribution >= 4 is 11.9 Å². The molecule has 26 heavy (non-hydrogen) atoms. The molecule has 0 radical (unpaired) electrons. The minimum atomic E-state index is -0.609. The topological polar surface area (TPSA) is 64.6 Å². The van der Waals surface area contributed by atoms with Gasteiger partial charge in [-0.1, -0.05) is 18.2 Å². The summed E-state index contributed by atoms with van der Waals surface area (Å²) >= 11 is 0. The number of benzene rings is 2. The molecule has 1 amide bonds. The summed E-state index contributed by atoms with van der Waals surface area (Å²) in [5, 5.41) is 2.60. The average molecular weight is 357 g/mol. The number of esters is 1. The molecule has 0 heterocycles. The van der Waals surface area contributed by atoms with Crippen LogP contribution >= 0.6 is 0 Å². The van der Waals surface area contributed by atoms with E-state index in [0.29, 0.717) is 5.75 Å². The Kier molecular flexibility index (Phi) is 5.84. The molecule has 0 unspecified atom stereocenters. The quantitative estimate of drug-likeness (QED) is 0.774. The van der Waals surface area contributed by atoms with Crippen molar-refractivity contribution in [2.24, 2.45) is 0 Å². The Morgan fingerprint density at radius 3 is 2.58 bits per heavy atom. The second-order valence-electron chi connectivity index (χ2n) is 6.14. The minimum Gasteiger partial charge on any atom is -0.482 e. The summed E-state index contributed by atoms with van der Waals surface area (Å²) in [6.07, 6.45) is 3.27. The molecule has 0 aromatic heterocycles. The molecule has 1 aliphatic carbocycles. The fourth-order valence-electron chi connectivity index (χ4n) is 2.82. The molecular formula is C20H20FNO4. The molecule has 6 heteroatoms. The van der Waals surface area contributed by atoms with Crippen molar-refractivity contribution in [3.63, 3.8) is 0 Å². The van der Waals surface area contributed by atoms with E-state index in [1.807, 2.05) is 18.2 Å². The Morgan fingerprint density at radius 2 is 1.77 bits per heavy atom. The number of carbonyl (C=O) groups excluding carboxylic acids is 2. The summed E-state index contributed by atoms with van der Waals surface area (Å²) < 4.78 is 23.1. The van der Waals surface area contributed by atoms with Crippen LogP contribution in [0.3, 0.4) is 0 Å². The van der Waals surface area contributed by atoms with Crippen molar-refractivity contribution in [2.75, 3.05) is 13.2 Å². The first-order valence-corrected chi connectivity index (χ1v) is 8.51. The van der Waals surface area contributed by atoms with Crippen LogP contribution in [0.1, 0.15) is 23.1 Å². The molecule has 1 aliphatic rings. The van der Waals surface area contributed by atoms with Crippen LogP contribution in [-0.4, -0.2) is 25.1 Å². The van der Waals surface area contributed by atoms with E-state index < -0.39 is 11.9 Å². The zero-order valence-electron chi connectivity index (χ0n) is 14.3. The zero-order chi connectivity index (χ0) is 18.4. The number of hydrogen-bond donors (Lipinski definition) is 1. The van der Waals surface area contributed by atoms with Crippen LogP contribution in [0.4, 0.5) is 4.39 Å². The molecule has 0 saturated heterocycles. The van der Waals surface area contributed by atoms with Crippen LogP contribution in [0.15, 0.2) is 42.5 Å². The van der Waals surface area contributed by atoms with Crippen LogP contribution in [-0.2, 0) is 33.7 Å². The van der Waals surface area contributed by atoms with E-state index in [1.165, 1.54) is 23.3 Å². The molecule has 0 atom stereocenters. The minimum absolute atomic E-state index is 0.238. The highest BCUT2D eigenvalue weighted by atomic mass is 19.1. The molecular weight excluding hydrogens is 337 g/mol. The summed E-state index contributed by atoms with van der Waals surface area (Å²) in [7, 11) is 0. The summed E-state index contributed by atoms with van der Waals surface area (Å²) in [4.78, 5) is 23.4. The number of nitrogens with one attached hydrogen (secondary N) is 1. The van der Waals surface area contributed by atoms with E-state index >= 15 is 0 Å². The molecule has 0 aliphatic heterocycles. The highest BCUT2D eigenvalue weighted by Crippen LogP contribution is 2.25. The first kappa shape index (κ1) is 17.9. The Morgan fingerprint density at radius 1 is 1.00 bits per heavy atom. The van der Waals surface area contributed by atoms with E-state index in [-0.39, 0.29) is 25.6 Å². The lowest BCUT2D eigenvalue weighted by molar-refractivity contribution is -0.150. The maximum Gasteiger partial charge on any atom is 0.344 e. The van der Waals surface area contributed by atoms with Gasteiger partial charge in [0.05, 0.1) is 0 Å². The molecule has 0 bridgehead atoms. The molecule has 2 aromatic carbocycles. The smallest absolute Gasteiger partial charge is 0.344 e. The van der Waals surface area contributed by atoms with Gasteiger partial charge < -0.3 is 14.8 Å². The molecule has 0 spiro atoms. The average Bonchev–Trinajstić information content (AvgIpc) is 3.12. The van der Waals surface area contributed by atoms with Gasteiger partial charge >= 0.3 is 5.97 Å². The molecule has 2 aromatic rings. The number of halogens is 1. The zero-order valence-corrected chi connectivity index (χ0v) is 14.3. The number of fused-ring (bicyclic) bond motifs is 1. The van der Waals surface area contributed by atoms with Gasteiger partial charge in [-0.05, 0) is 60.2 Å². The lowest BCUT2D eigenvalue weighted by Gasteiger charge is -2.09. The highest BCUT2D eigenvalue weighted by Gasteiger charge is 2.13. The van der Waals surface area contributed by atoms with Crippen molar-refractivity contribution < 1.29 is 23.5 Å². The first-order valence-electron chi connectivity index (χ1n) is 8.51. The Bertz CT molecular complexity index is 789. The molecule has 1 N–H and O–H groups in total. The third-order valence-corrected chi connectivity index (χ3v) is 4.19. The fourth-order valence-corrected chi connectivity index (χ4v) is 2.82. The molecule has 136 valence electrons. The largest absolute Gasteiger partial charge is 0.482 e. The Hall–Kier alpha value is -2.89. The molecule has 3 rings (SSSR count). The first-order chi connectivity index (χ1) is 12.6. The summed E-state index contributed by atoms with van der Waals surface area (Å²) in [6, 6.07) is 11.6. The van der Waals surface area contributed by atoms with Crippen molar-refractivity contribution in [3.8, 4) is 5.75 Å². The number of rotatable bonds is 7. The van der Waals surface area contributed by atoms with Gasteiger partial charge in [-0.25, -0.2) is 9.18 Å². The number of aryl methyl sites for hydroxylation is 2. The van der Waals surface area contributed by atoms with E-state index in [1.54, 1.807) is 12.1 Å². The van der Waals surface area contributed by atoms with Crippen molar-refractivity contribution in [2.45, 2.75) is 25.8 Å². The second kappa shape index (κ2) is 8.47. The highest BCUT2D eigenvalue weighted by molar-refractivity contribution is 5.80. The number of ether oxygens (including phenoxy) is 2. The molecule has 0 saturated carbocycles. The van der Waals surface area contributed by atoms with E-state index in [0.717, 1.165) is 24.8 Å². The monoisotopic (exact) mass is 357 g/mol. The summed E-state index contributed by atoms with van der Waals surface area (Å²) in [6.45, 7) is -0.389. The van der Waals surface area contributed by atoms with E-state index in [2.05, 4.69) is 5.32 Å². The number of carbonyl (C=O) groups is 2. The van der Waals surface area contributed by atoms with E-state index in [9.17, 15) is 14.0 Å². The van der Waals surface area contributed by atoms with Crippen LogP contribution in [0.5, 0.6) is 5.75 Å². The third-order valence-electron chi connectivity index (χ3n) is 4.19. The van der Waals surface area contributed by atoms with Gasteiger partial charge in [0.15, 0.2) is 13.2 Å². The lowest BCUT2D eigenvalue weighted by atomic mass is 10.1. The second-order valence-corrected chi connectivity index (χ2v) is 6.14. The SMILES string of the molecule is O=C(COC(=O)COc1ccc2c(c1)CCC2)NCc1ccc(F)cc1. The summed E-state index contributed by atoms with van der Waals surface area (Å²) in [5.41, 5.74) is 3.35. The standard InChI is InChI=1S/C20H20FNO4/c21-17-7-4-14(5-8-17)11-22-19(23)12-26-20(24)13-25-18-9-6-15-2-1-3-16(15)10-18/h4-10H,1-3,11-13H2,(H,22,23).